The van der Waals surface area contributed by atoms with E-state index in [1.54, 1.807) is 0 Å². The van der Waals surface area contributed by atoms with Gasteiger partial charge in [-0.1, -0.05) is 12.1 Å². The summed E-state index contributed by atoms with van der Waals surface area (Å²) in [6.07, 6.45) is -4.74. The largest absolute Gasteiger partial charge is 0.419 e. The van der Waals surface area contributed by atoms with Crippen LogP contribution in [0.4, 0.5) is 22.4 Å². The van der Waals surface area contributed by atoms with E-state index in [0.717, 1.165) is 6.07 Å². The average Bonchev–Trinajstić information content (AvgIpc) is 2.63. The van der Waals surface area contributed by atoms with Gasteiger partial charge in [0, 0.05) is 12.1 Å². The van der Waals surface area contributed by atoms with Crippen LogP contribution in [0.2, 0.25) is 0 Å². The van der Waals surface area contributed by atoms with Crippen LogP contribution < -0.4 is 10.6 Å². The van der Waals surface area contributed by atoms with Crippen LogP contribution in [-0.4, -0.2) is 12.6 Å². The summed E-state index contributed by atoms with van der Waals surface area (Å²) < 4.78 is 51.0. The Hall–Kier alpha value is -1.79. The molecule has 0 radical (unpaired) electrons. The van der Waals surface area contributed by atoms with Gasteiger partial charge in [-0.3, -0.25) is 0 Å². The molecule has 0 spiro atoms. The SMILES string of the molecule is O=C1NC[C@@H](c2cccc(C(F)(F)F)c2F)N1. The first-order chi connectivity index (χ1) is 7.89. The van der Waals surface area contributed by atoms with Gasteiger partial charge in [-0.2, -0.15) is 13.2 Å². The van der Waals surface area contributed by atoms with Crippen LogP contribution >= 0.6 is 0 Å². The third kappa shape index (κ3) is 2.17. The molecule has 17 heavy (non-hydrogen) atoms. The van der Waals surface area contributed by atoms with Crippen molar-refractivity contribution in [2.75, 3.05) is 6.54 Å². The van der Waals surface area contributed by atoms with Crippen LogP contribution in [0.25, 0.3) is 0 Å². The van der Waals surface area contributed by atoms with Crippen molar-refractivity contribution in [1.82, 2.24) is 10.6 Å². The van der Waals surface area contributed by atoms with Crippen LogP contribution in [0.3, 0.4) is 0 Å². The summed E-state index contributed by atoms with van der Waals surface area (Å²) in [5.74, 6) is -1.34. The van der Waals surface area contributed by atoms with Gasteiger partial charge in [-0.15, -0.1) is 0 Å². The standard InChI is InChI=1S/C10H8F4N2O/c11-8-5(7-4-15-9(17)16-7)2-1-3-6(8)10(12,13)14/h1-3,7H,4H2,(H2,15,16,17)/t7-/m0/s1. The van der Waals surface area contributed by atoms with E-state index in [9.17, 15) is 22.4 Å². The Morgan fingerprint density at radius 1 is 1.29 bits per heavy atom. The van der Waals surface area contributed by atoms with E-state index in [-0.39, 0.29) is 12.1 Å². The number of hydrogen-bond donors (Lipinski definition) is 2. The molecule has 0 saturated carbocycles. The summed E-state index contributed by atoms with van der Waals surface area (Å²) in [5, 5.41) is 4.69. The highest BCUT2D eigenvalue weighted by atomic mass is 19.4. The summed E-state index contributed by atoms with van der Waals surface area (Å²) >= 11 is 0. The molecule has 1 atom stereocenters. The van der Waals surface area contributed by atoms with Gasteiger partial charge in [-0.25, -0.2) is 9.18 Å². The van der Waals surface area contributed by atoms with Crippen LogP contribution in [-0.2, 0) is 6.18 Å². The molecule has 1 aromatic carbocycles. The van der Waals surface area contributed by atoms with E-state index in [2.05, 4.69) is 10.6 Å². The highest BCUT2D eigenvalue weighted by molar-refractivity contribution is 5.76. The second-order valence-electron chi connectivity index (χ2n) is 3.61. The number of carbonyl (C=O) groups excluding carboxylic acids is 1. The fourth-order valence-corrected chi connectivity index (χ4v) is 1.68. The van der Waals surface area contributed by atoms with Crippen molar-refractivity contribution in [3.05, 3.63) is 35.1 Å². The van der Waals surface area contributed by atoms with Gasteiger partial charge in [-0.05, 0) is 6.07 Å². The van der Waals surface area contributed by atoms with E-state index in [1.165, 1.54) is 6.07 Å². The smallest absolute Gasteiger partial charge is 0.336 e. The van der Waals surface area contributed by atoms with Crippen molar-refractivity contribution in [3.8, 4) is 0 Å². The number of halogens is 4. The lowest BCUT2D eigenvalue weighted by atomic mass is 10.0. The van der Waals surface area contributed by atoms with Crippen LogP contribution in [0.15, 0.2) is 18.2 Å². The van der Waals surface area contributed by atoms with Crippen molar-refractivity contribution in [1.29, 1.82) is 0 Å². The molecule has 2 N–H and O–H groups in total. The molecule has 1 fully saturated rings. The number of hydrogen-bond acceptors (Lipinski definition) is 1. The number of amides is 2. The van der Waals surface area contributed by atoms with Crippen molar-refractivity contribution < 1.29 is 22.4 Å². The molecule has 1 aliphatic rings. The Balaban J connectivity index is 2.39. The van der Waals surface area contributed by atoms with Gasteiger partial charge in [0.25, 0.3) is 0 Å². The first-order valence-electron chi connectivity index (χ1n) is 4.79. The second-order valence-corrected chi connectivity index (χ2v) is 3.61. The molecule has 1 aliphatic heterocycles. The number of nitrogens with one attached hydrogen (secondary N) is 2. The Morgan fingerprint density at radius 3 is 2.53 bits per heavy atom. The van der Waals surface area contributed by atoms with Crippen LogP contribution in [0, 0.1) is 5.82 Å². The molecule has 92 valence electrons. The molecule has 0 bridgehead atoms. The summed E-state index contributed by atoms with van der Waals surface area (Å²) in [4.78, 5) is 10.9. The summed E-state index contributed by atoms with van der Waals surface area (Å²) in [6.45, 7) is 0.0665. The zero-order valence-corrected chi connectivity index (χ0v) is 8.44. The lowest BCUT2D eigenvalue weighted by molar-refractivity contribution is -0.140. The number of alkyl halides is 3. The Labute approximate surface area is 93.8 Å². The van der Waals surface area contributed by atoms with E-state index in [0.29, 0.717) is 6.07 Å². The minimum Gasteiger partial charge on any atom is -0.336 e. The maximum atomic E-state index is 13.6. The molecule has 0 unspecified atom stereocenters. The van der Waals surface area contributed by atoms with E-state index >= 15 is 0 Å². The quantitative estimate of drug-likeness (QED) is 0.735. The molecule has 0 aliphatic carbocycles. The fraction of sp³-hybridized carbons (Fsp3) is 0.300. The minimum atomic E-state index is -4.74. The molecular weight excluding hydrogens is 240 g/mol. The predicted octanol–water partition coefficient (Wildman–Crippen LogP) is 2.20. The first-order valence-corrected chi connectivity index (χ1v) is 4.79. The summed E-state index contributed by atoms with van der Waals surface area (Å²) in [6, 6.07) is 1.72. The Morgan fingerprint density at radius 2 is 2.00 bits per heavy atom. The van der Waals surface area contributed by atoms with Crippen LogP contribution in [0.1, 0.15) is 17.2 Å². The number of urea groups is 1. The van der Waals surface area contributed by atoms with Gasteiger partial charge in [0.2, 0.25) is 0 Å². The highest BCUT2D eigenvalue weighted by Gasteiger charge is 2.36. The number of benzene rings is 1. The third-order valence-corrected chi connectivity index (χ3v) is 2.48. The molecular formula is C10H8F4N2O. The highest BCUT2D eigenvalue weighted by Crippen LogP contribution is 2.34. The predicted molar refractivity (Wildman–Crippen MR) is 50.7 cm³/mol. The molecule has 2 amide bonds. The molecule has 1 aromatic rings. The van der Waals surface area contributed by atoms with Crippen molar-refractivity contribution in [3.63, 3.8) is 0 Å². The zero-order chi connectivity index (χ0) is 12.6. The van der Waals surface area contributed by atoms with Crippen molar-refractivity contribution >= 4 is 6.03 Å². The molecule has 2 rings (SSSR count). The molecule has 3 nitrogen and oxygen atoms in total. The maximum absolute atomic E-state index is 13.6. The monoisotopic (exact) mass is 248 g/mol. The van der Waals surface area contributed by atoms with Crippen molar-refractivity contribution in [2.24, 2.45) is 0 Å². The summed E-state index contributed by atoms with van der Waals surface area (Å²) in [7, 11) is 0. The van der Waals surface area contributed by atoms with Gasteiger partial charge in [0.05, 0.1) is 11.6 Å². The summed E-state index contributed by atoms with van der Waals surface area (Å²) in [5.41, 5.74) is -1.49. The Kier molecular flexibility index (Phi) is 2.68. The van der Waals surface area contributed by atoms with Crippen LogP contribution in [0.5, 0.6) is 0 Å². The van der Waals surface area contributed by atoms with Gasteiger partial charge in [0.15, 0.2) is 0 Å². The average molecular weight is 248 g/mol. The molecule has 0 aromatic heterocycles. The maximum Gasteiger partial charge on any atom is 0.419 e. The fourth-order valence-electron chi connectivity index (χ4n) is 1.68. The molecule has 1 heterocycles. The van der Waals surface area contributed by atoms with Gasteiger partial charge >= 0.3 is 12.2 Å². The molecule has 7 heteroatoms. The van der Waals surface area contributed by atoms with E-state index in [1.807, 2.05) is 0 Å². The lowest BCUT2D eigenvalue weighted by Gasteiger charge is -2.14. The first kappa shape index (κ1) is 11.7. The molecule has 1 saturated heterocycles. The van der Waals surface area contributed by atoms with Gasteiger partial charge < -0.3 is 10.6 Å². The number of carbonyl (C=O) groups is 1. The second kappa shape index (κ2) is 3.90. The normalized spacial score (nSPS) is 20.0. The van der Waals surface area contributed by atoms with E-state index in [4.69, 9.17) is 0 Å². The lowest BCUT2D eigenvalue weighted by Crippen LogP contribution is -2.22. The number of rotatable bonds is 1. The van der Waals surface area contributed by atoms with E-state index < -0.39 is 29.6 Å². The van der Waals surface area contributed by atoms with Gasteiger partial charge in [0.1, 0.15) is 5.82 Å². The van der Waals surface area contributed by atoms with Crippen molar-refractivity contribution in [2.45, 2.75) is 12.2 Å². The Bertz CT molecular complexity index is 458. The topological polar surface area (TPSA) is 41.1 Å². The third-order valence-electron chi connectivity index (χ3n) is 2.48. The zero-order valence-electron chi connectivity index (χ0n) is 8.44. The minimum absolute atomic E-state index is 0.0665.